The number of methoxy groups -OCH3 is 1. The molecule has 0 unspecified atom stereocenters. The monoisotopic (exact) mass is 237 g/mol. The molecule has 6 heteroatoms. The Hall–Kier alpha value is -1.82. The standard InChI is InChI=1S/C11H15N3O3/c1-17-10-4-2-3-9(11(10)14(15)16)13-8-5-7(12)6-8/h2-4,7-8,13H,5-6,12H2,1H3. The van der Waals surface area contributed by atoms with Gasteiger partial charge < -0.3 is 15.8 Å². The van der Waals surface area contributed by atoms with Crippen LogP contribution in [0.4, 0.5) is 11.4 Å². The molecule has 1 aromatic carbocycles. The van der Waals surface area contributed by atoms with Gasteiger partial charge >= 0.3 is 5.69 Å². The summed E-state index contributed by atoms with van der Waals surface area (Å²) in [6.07, 6.45) is 1.68. The van der Waals surface area contributed by atoms with E-state index in [1.165, 1.54) is 7.11 Å². The first-order valence-corrected chi connectivity index (χ1v) is 5.45. The fourth-order valence-electron chi connectivity index (χ4n) is 1.99. The molecule has 1 aliphatic rings. The molecule has 0 atom stereocenters. The van der Waals surface area contributed by atoms with Crippen molar-refractivity contribution in [3.8, 4) is 5.75 Å². The van der Waals surface area contributed by atoms with Gasteiger partial charge in [-0.2, -0.15) is 0 Å². The van der Waals surface area contributed by atoms with Gasteiger partial charge in [0.1, 0.15) is 5.69 Å². The Balaban J connectivity index is 2.23. The molecule has 0 bridgehead atoms. The molecule has 3 N–H and O–H groups in total. The van der Waals surface area contributed by atoms with E-state index in [-0.39, 0.29) is 23.5 Å². The third-order valence-electron chi connectivity index (χ3n) is 2.94. The third kappa shape index (κ3) is 2.31. The van der Waals surface area contributed by atoms with Crippen molar-refractivity contribution in [2.24, 2.45) is 5.73 Å². The number of rotatable bonds is 4. The van der Waals surface area contributed by atoms with E-state index in [4.69, 9.17) is 10.5 Å². The number of hydrogen-bond donors (Lipinski definition) is 2. The van der Waals surface area contributed by atoms with Crippen LogP contribution in [0.25, 0.3) is 0 Å². The molecule has 17 heavy (non-hydrogen) atoms. The van der Waals surface area contributed by atoms with Gasteiger partial charge in [0.05, 0.1) is 12.0 Å². The van der Waals surface area contributed by atoms with Crippen molar-refractivity contribution in [2.75, 3.05) is 12.4 Å². The lowest BCUT2D eigenvalue weighted by atomic mass is 9.87. The first-order chi connectivity index (χ1) is 8.11. The molecule has 92 valence electrons. The summed E-state index contributed by atoms with van der Waals surface area (Å²) in [6.45, 7) is 0. The quantitative estimate of drug-likeness (QED) is 0.611. The number of nitro benzene ring substituents is 1. The molecule has 1 fully saturated rings. The summed E-state index contributed by atoms with van der Waals surface area (Å²) < 4.78 is 5.00. The van der Waals surface area contributed by atoms with Crippen LogP contribution in [0.1, 0.15) is 12.8 Å². The minimum atomic E-state index is -0.431. The highest BCUT2D eigenvalue weighted by molar-refractivity contribution is 5.68. The molecule has 0 aromatic heterocycles. The van der Waals surface area contributed by atoms with Gasteiger partial charge in [-0.25, -0.2) is 0 Å². The van der Waals surface area contributed by atoms with Gasteiger partial charge in [-0.1, -0.05) is 6.07 Å². The predicted molar refractivity (Wildman–Crippen MR) is 64.3 cm³/mol. The van der Waals surface area contributed by atoms with Crippen LogP contribution in [0.2, 0.25) is 0 Å². The minimum Gasteiger partial charge on any atom is -0.490 e. The number of nitrogens with zero attached hydrogens (tertiary/aromatic N) is 1. The van der Waals surface area contributed by atoms with Crippen LogP contribution in [-0.2, 0) is 0 Å². The fourth-order valence-corrected chi connectivity index (χ4v) is 1.99. The average molecular weight is 237 g/mol. The number of nitrogens with one attached hydrogen (secondary N) is 1. The largest absolute Gasteiger partial charge is 0.490 e. The average Bonchev–Trinajstić information content (AvgIpc) is 2.26. The van der Waals surface area contributed by atoms with Gasteiger partial charge in [-0.3, -0.25) is 10.1 Å². The van der Waals surface area contributed by atoms with Gasteiger partial charge in [0.2, 0.25) is 0 Å². The Kier molecular flexibility index (Phi) is 3.14. The van der Waals surface area contributed by atoms with Crippen molar-refractivity contribution >= 4 is 11.4 Å². The molecule has 1 aromatic rings. The Morgan fingerprint density at radius 2 is 2.24 bits per heavy atom. The van der Waals surface area contributed by atoms with Gasteiger partial charge in [-0.15, -0.1) is 0 Å². The van der Waals surface area contributed by atoms with E-state index in [0.717, 1.165) is 12.8 Å². The Morgan fingerprint density at radius 3 is 2.76 bits per heavy atom. The van der Waals surface area contributed by atoms with E-state index < -0.39 is 4.92 Å². The van der Waals surface area contributed by atoms with Crippen LogP contribution < -0.4 is 15.8 Å². The molecular weight excluding hydrogens is 222 g/mol. The predicted octanol–water partition coefficient (Wildman–Crippen LogP) is 1.50. The van der Waals surface area contributed by atoms with E-state index in [1.807, 2.05) is 0 Å². The molecule has 0 spiro atoms. The summed E-state index contributed by atoms with van der Waals surface area (Å²) in [6, 6.07) is 5.42. The Morgan fingerprint density at radius 1 is 1.53 bits per heavy atom. The summed E-state index contributed by atoms with van der Waals surface area (Å²) in [5.74, 6) is 0.267. The molecule has 1 saturated carbocycles. The summed E-state index contributed by atoms with van der Waals surface area (Å²) in [5.41, 5.74) is 6.15. The molecule has 0 radical (unpaired) electrons. The number of ether oxygens (including phenoxy) is 1. The number of para-hydroxylation sites is 1. The number of nitrogens with two attached hydrogens (primary N) is 1. The fraction of sp³-hybridized carbons (Fsp3) is 0.455. The molecular formula is C11H15N3O3. The van der Waals surface area contributed by atoms with E-state index in [1.54, 1.807) is 18.2 Å². The topological polar surface area (TPSA) is 90.4 Å². The van der Waals surface area contributed by atoms with Crippen molar-refractivity contribution in [3.05, 3.63) is 28.3 Å². The second-order valence-electron chi connectivity index (χ2n) is 4.19. The van der Waals surface area contributed by atoms with E-state index >= 15 is 0 Å². The maximum atomic E-state index is 11.0. The van der Waals surface area contributed by atoms with Crippen molar-refractivity contribution < 1.29 is 9.66 Å². The lowest BCUT2D eigenvalue weighted by molar-refractivity contribution is -0.384. The van der Waals surface area contributed by atoms with Crippen LogP contribution in [-0.4, -0.2) is 24.1 Å². The highest BCUT2D eigenvalue weighted by atomic mass is 16.6. The molecule has 0 aliphatic heterocycles. The summed E-state index contributed by atoms with van der Waals surface area (Å²) in [5, 5.41) is 14.1. The third-order valence-corrected chi connectivity index (χ3v) is 2.94. The van der Waals surface area contributed by atoms with Gasteiger partial charge in [0.15, 0.2) is 5.75 Å². The van der Waals surface area contributed by atoms with Gasteiger partial charge in [0, 0.05) is 12.1 Å². The normalized spacial score (nSPS) is 22.7. The zero-order valence-electron chi connectivity index (χ0n) is 9.55. The number of hydrogen-bond acceptors (Lipinski definition) is 5. The number of benzene rings is 1. The van der Waals surface area contributed by atoms with Crippen LogP contribution in [0, 0.1) is 10.1 Å². The Bertz CT molecular complexity index is 430. The summed E-state index contributed by atoms with van der Waals surface area (Å²) >= 11 is 0. The van der Waals surface area contributed by atoms with Crippen LogP contribution in [0.15, 0.2) is 18.2 Å². The zero-order valence-corrected chi connectivity index (χ0v) is 9.55. The van der Waals surface area contributed by atoms with E-state index in [2.05, 4.69) is 5.32 Å². The van der Waals surface area contributed by atoms with Crippen LogP contribution in [0.3, 0.4) is 0 Å². The zero-order chi connectivity index (χ0) is 12.4. The van der Waals surface area contributed by atoms with Gasteiger partial charge in [-0.05, 0) is 25.0 Å². The van der Waals surface area contributed by atoms with Crippen molar-refractivity contribution in [3.63, 3.8) is 0 Å². The highest BCUT2D eigenvalue weighted by Gasteiger charge is 2.29. The minimum absolute atomic E-state index is 0.0181. The van der Waals surface area contributed by atoms with E-state index in [0.29, 0.717) is 5.69 Å². The van der Waals surface area contributed by atoms with Gasteiger partial charge in [0.25, 0.3) is 0 Å². The maximum absolute atomic E-state index is 11.0. The molecule has 0 amide bonds. The van der Waals surface area contributed by atoms with Crippen LogP contribution in [0.5, 0.6) is 5.75 Å². The van der Waals surface area contributed by atoms with Crippen molar-refractivity contribution in [1.82, 2.24) is 0 Å². The second-order valence-corrected chi connectivity index (χ2v) is 4.19. The first-order valence-electron chi connectivity index (χ1n) is 5.45. The number of anilines is 1. The molecule has 6 nitrogen and oxygen atoms in total. The van der Waals surface area contributed by atoms with E-state index in [9.17, 15) is 10.1 Å². The maximum Gasteiger partial charge on any atom is 0.333 e. The molecule has 0 heterocycles. The number of nitro groups is 1. The lowest BCUT2D eigenvalue weighted by Gasteiger charge is -2.33. The van der Waals surface area contributed by atoms with Crippen molar-refractivity contribution in [2.45, 2.75) is 24.9 Å². The first kappa shape index (κ1) is 11.7. The Labute approximate surface area is 98.9 Å². The smallest absolute Gasteiger partial charge is 0.333 e. The second kappa shape index (κ2) is 4.58. The SMILES string of the molecule is COc1cccc(NC2CC(N)C2)c1[N+](=O)[O-]. The summed E-state index contributed by atoms with van der Waals surface area (Å²) in [4.78, 5) is 10.6. The molecule has 1 aliphatic carbocycles. The summed E-state index contributed by atoms with van der Waals surface area (Å²) in [7, 11) is 1.42. The molecule has 2 rings (SSSR count). The highest BCUT2D eigenvalue weighted by Crippen LogP contribution is 2.36. The lowest BCUT2D eigenvalue weighted by Crippen LogP contribution is -2.44. The molecule has 0 saturated heterocycles. The van der Waals surface area contributed by atoms with Crippen LogP contribution >= 0.6 is 0 Å². The van der Waals surface area contributed by atoms with Crippen molar-refractivity contribution in [1.29, 1.82) is 0 Å².